The second-order valence-electron chi connectivity index (χ2n) is 5.14. The molecule has 106 valence electrons. The summed E-state index contributed by atoms with van der Waals surface area (Å²) in [6, 6.07) is 10.1. The molecule has 0 bridgehead atoms. The van der Waals surface area contributed by atoms with Gasteiger partial charge in [-0.2, -0.15) is 0 Å². The van der Waals surface area contributed by atoms with E-state index < -0.39 is 5.79 Å². The van der Waals surface area contributed by atoms with Crippen LogP contribution in [0.2, 0.25) is 0 Å². The van der Waals surface area contributed by atoms with Gasteiger partial charge in [-0.1, -0.05) is 56.5 Å². The molecule has 2 heteroatoms. The predicted molar refractivity (Wildman–Crippen MR) is 80.7 cm³/mol. The zero-order valence-corrected chi connectivity index (χ0v) is 12.4. The molecule has 1 aromatic carbocycles. The molecule has 0 atom stereocenters. The van der Waals surface area contributed by atoms with Gasteiger partial charge in [0, 0.05) is 13.8 Å². The Morgan fingerprint density at radius 1 is 1.05 bits per heavy atom. The van der Waals surface area contributed by atoms with Crippen LogP contribution < -0.4 is 0 Å². The standard InChI is InChI=1S/C17H26O2/c1-4-5-6-10-14-18-17(2,3)19-15-13-16-11-8-7-9-12-16/h7-9,11-13,15H,4-6,10,14H2,1-3H3. The number of hydrogen-bond acceptors (Lipinski definition) is 2. The van der Waals surface area contributed by atoms with Gasteiger partial charge in [-0.05, 0) is 18.1 Å². The Morgan fingerprint density at radius 2 is 1.79 bits per heavy atom. The first-order valence-corrected chi connectivity index (χ1v) is 7.17. The fraction of sp³-hybridized carbons (Fsp3) is 0.529. The molecular weight excluding hydrogens is 236 g/mol. The van der Waals surface area contributed by atoms with Crippen molar-refractivity contribution in [2.75, 3.05) is 6.61 Å². The van der Waals surface area contributed by atoms with Gasteiger partial charge in [-0.15, -0.1) is 0 Å². The average molecular weight is 262 g/mol. The van der Waals surface area contributed by atoms with E-state index in [1.807, 2.05) is 50.3 Å². The Labute approximate surface area is 117 Å². The van der Waals surface area contributed by atoms with Crippen molar-refractivity contribution in [2.45, 2.75) is 52.2 Å². The maximum absolute atomic E-state index is 5.74. The topological polar surface area (TPSA) is 18.5 Å². The van der Waals surface area contributed by atoms with E-state index in [0.29, 0.717) is 0 Å². The summed E-state index contributed by atoms with van der Waals surface area (Å²) in [5.41, 5.74) is 1.13. The lowest BCUT2D eigenvalue weighted by Crippen LogP contribution is -2.26. The molecule has 0 aliphatic heterocycles. The quantitative estimate of drug-likeness (QED) is 0.354. The number of benzene rings is 1. The molecule has 0 aromatic heterocycles. The molecule has 1 rings (SSSR count). The van der Waals surface area contributed by atoms with Crippen LogP contribution in [0.15, 0.2) is 36.6 Å². The fourth-order valence-corrected chi connectivity index (χ4v) is 1.72. The molecule has 0 aliphatic carbocycles. The van der Waals surface area contributed by atoms with Gasteiger partial charge in [0.2, 0.25) is 5.79 Å². The zero-order valence-electron chi connectivity index (χ0n) is 12.4. The van der Waals surface area contributed by atoms with Crippen LogP contribution in [0.5, 0.6) is 0 Å². The van der Waals surface area contributed by atoms with E-state index in [-0.39, 0.29) is 0 Å². The summed E-state index contributed by atoms with van der Waals surface area (Å²) in [4.78, 5) is 0. The van der Waals surface area contributed by atoms with Gasteiger partial charge in [0.1, 0.15) is 0 Å². The normalized spacial score (nSPS) is 11.9. The summed E-state index contributed by atoms with van der Waals surface area (Å²) in [5.74, 6) is -0.558. The lowest BCUT2D eigenvalue weighted by atomic mass is 10.2. The van der Waals surface area contributed by atoms with Crippen molar-refractivity contribution in [3.05, 3.63) is 42.2 Å². The Hall–Kier alpha value is -1.28. The first-order chi connectivity index (χ1) is 9.14. The van der Waals surface area contributed by atoms with Crippen LogP contribution in [0, 0.1) is 0 Å². The van der Waals surface area contributed by atoms with Gasteiger partial charge in [0.05, 0.1) is 12.9 Å². The van der Waals surface area contributed by atoms with Gasteiger partial charge < -0.3 is 9.47 Å². The van der Waals surface area contributed by atoms with Crippen molar-refractivity contribution in [1.29, 1.82) is 0 Å². The van der Waals surface area contributed by atoms with Gasteiger partial charge in [-0.25, -0.2) is 0 Å². The molecule has 0 saturated heterocycles. The number of rotatable bonds is 9. The van der Waals surface area contributed by atoms with E-state index in [1.54, 1.807) is 6.26 Å². The molecule has 1 aromatic rings. The summed E-state index contributed by atoms with van der Waals surface area (Å²) in [5, 5.41) is 0. The van der Waals surface area contributed by atoms with Crippen LogP contribution in [-0.4, -0.2) is 12.4 Å². The highest BCUT2D eigenvalue weighted by molar-refractivity contribution is 5.47. The van der Waals surface area contributed by atoms with Gasteiger partial charge in [-0.3, -0.25) is 0 Å². The maximum atomic E-state index is 5.74. The van der Waals surface area contributed by atoms with Gasteiger partial charge in [0.25, 0.3) is 0 Å². The van der Waals surface area contributed by atoms with Gasteiger partial charge in [0.15, 0.2) is 0 Å². The third-order valence-electron chi connectivity index (χ3n) is 2.86. The van der Waals surface area contributed by atoms with Crippen LogP contribution in [0.25, 0.3) is 6.08 Å². The van der Waals surface area contributed by atoms with Crippen LogP contribution in [0.1, 0.15) is 52.0 Å². The van der Waals surface area contributed by atoms with E-state index >= 15 is 0 Å². The molecule has 0 radical (unpaired) electrons. The third kappa shape index (κ3) is 7.68. The van der Waals surface area contributed by atoms with Crippen molar-refractivity contribution < 1.29 is 9.47 Å². The second kappa shape index (κ2) is 8.76. The molecule has 19 heavy (non-hydrogen) atoms. The molecule has 0 spiro atoms. The van der Waals surface area contributed by atoms with Gasteiger partial charge >= 0.3 is 0 Å². The highest BCUT2D eigenvalue weighted by Crippen LogP contribution is 2.14. The van der Waals surface area contributed by atoms with E-state index in [1.165, 1.54) is 19.3 Å². The molecular formula is C17H26O2. The highest BCUT2D eigenvalue weighted by atomic mass is 16.7. The van der Waals surface area contributed by atoms with Crippen LogP contribution in [-0.2, 0) is 9.47 Å². The molecule has 0 unspecified atom stereocenters. The lowest BCUT2D eigenvalue weighted by molar-refractivity contribution is -0.181. The maximum Gasteiger partial charge on any atom is 0.203 e. The first-order valence-electron chi connectivity index (χ1n) is 7.17. The molecule has 2 nitrogen and oxygen atoms in total. The molecule has 0 fully saturated rings. The molecule has 0 aliphatic rings. The van der Waals surface area contributed by atoms with E-state index in [4.69, 9.17) is 9.47 Å². The third-order valence-corrected chi connectivity index (χ3v) is 2.86. The minimum absolute atomic E-state index is 0.558. The van der Waals surface area contributed by atoms with Crippen molar-refractivity contribution in [3.8, 4) is 0 Å². The SMILES string of the molecule is CCCCCCOC(C)(C)OC=Cc1ccccc1. The monoisotopic (exact) mass is 262 g/mol. The molecule has 0 saturated carbocycles. The summed E-state index contributed by atoms with van der Waals surface area (Å²) < 4.78 is 11.4. The number of hydrogen-bond donors (Lipinski definition) is 0. The average Bonchev–Trinajstić information content (AvgIpc) is 2.39. The minimum atomic E-state index is -0.558. The van der Waals surface area contributed by atoms with Crippen molar-refractivity contribution in [1.82, 2.24) is 0 Å². The van der Waals surface area contributed by atoms with Crippen molar-refractivity contribution in [2.24, 2.45) is 0 Å². The largest absolute Gasteiger partial charge is 0.471 e. The highest BCUT2D eigenvalue weighted by Gasteiger charge is 2.17. The molecule has 0 amide bonds. The fourth-order valence-electron chi connectivity index (χ4n) is 1.72. The van der Waals surface area contributed by atoms with Crippen LogP contribution in [0.4, 0.5) is 0 Å². The first kappa shape index (κ1) is 15.8. The van der Waals surface area contributed by atoms with Crippen LogP contribution in [0.3, 0.4) is 0 Å². The van der Waals surface area contributed by atoms with E-state index in [0.717, 1.165) is 18.6 Å². The van der Waals surface area contributed by atoms with Crippen molar-refractivity contribution in [3.63, 3.8) is 0 Å². The Bertz CT molecular complexity index is 355. The van der Waals surface area contributed by atoms with Crippen molar-refractivity contribution >= 4 is 6.08 Å². The smallest absolute Gasteiger partial charge is 0.203 e. The lowest BCUT2D eigenvalue weighted by Gasteiger charge is -2.24. The molecule has 0 heterocycles. The Morgan fingerprint density at radius 3 is 2.47 bits per heavy atom. The summed E-state index contributed by atoms with van der Waals surface area (Å²) in [6.07, 6.45) is 8.51. The summed E-state index contributed by atoms with van der Waals surface area (Å²) in [6.45, 7) is 6.86. The Kier molecular flexibility index (Phi) is 7.27. The Balaban J connectivity index is 2.24. The molecule has 0 N–H and O–H groups in total. The summed E-state index contributed by atoms with van der Waals surface area (Å²) in [7, 11) is 0. The van der Waals surface area contributed by atoms with Crippen LogP contribution >= 0.6 is 0 Å². The summed E-state index contributed by atoms with van der Waals surface area (Å²) >= 11 is 0. The second-order valence-corrected chi connectivity index (χ2v) is 5.14. The van der Waals surface area contributed by atoms with E-state index in [9.17, 15) is 0 Å². The number of unbranched alkanes of at least 4 members (excludes halogenated alkanes) is 3. The number of ether oxygens (including phenoxy) is 2. The van der Waals surface area contributed by atoms with E-state index in [2.05, 4.69) is 6.92 Å². The zero-order chi connectivity index (χ0) is 14.0. The predicted octanol–water partition coefficient (Wildman–Crippen LogP) is 5.01. The minimum Gasteiger partial charge on any atom is -0.471 e.